The maximum Gasteiger partial charge on any atom is 0.233 e. The summed E-state index contributed by atoms with van der Waals surface area (Å²) in [6.45, 7) is 4.23. The van der Waals surface area contributed by atoms with E-state index in [1.807, 2.05) is 18.9 Å². The molecule has 1 saturated carbocycles. The van der Waals surface area contributed by atoms with Gasteiger partial charge in [0.1, 0.15) is 0 Å². The molecule has 0 radical (unpaired) electrons. The molecule has 0 aromatic carbocycles. The van der Waals surface area contributed by atoms with Crippen LogP contribution in [0.2, 0.25) is 0 Å². The van der Waals surface area contributed by atoms with Gasteiger partial charge in [0.05, 0.1) is 5.92 Å². The number of rotatable bonds is 6. The number of carbonyl (C=O) groups is 1. The van der Waals surface area contributed by atoms with Crippen molar-refractivity contribution in [2.24, 2.45) is 22.7 Å². The van der Waals surface area contributed by atoms with Crippen LogP contribution in [0.3, 0.4) is 0 Å². The van der Waals surface area contributed by atoms with Crippen molar-refractivity contribution in [2.75, 3.05) is 7.05 Å². The van der Waals surface area contributed by atoms with E-state index in [4.69, 9.17) is 10.9 Å². The topological polar surface area (TPSA) is 78.9 Å². The van der Waals surface area contributed by atoms with Crippen molar-refractivity contribution in [1.29, 1.82) is 0 Å². The molecule has 1 unspecified atom stereocenters. The number of nitrogens with two attached hydrogens (primary N) is 1. The lowest BCUT2D eigenvalue weighted by Crippen LogP contribution is -2.46. The highest BCUT2D eigenvalue weighted by molar-refractivity contribution is 6.02. The molecular formula is C15H29N3O2. The average molecular weight is 283 g/mol. The van der Waals surface area contributed by atoms with Crippen molar-refractivity contribution >= 4 is 11.7 Å². The van der Waals surface area contributed by atoms with Crippen LogP contribution in [0.25, 0.3) is 0 Å². The van der Waals surface area contributed by atoms with Crippen molar-refractivity contribution in [2.45, 2.75) is 64.8 Å². The van der Waals surface area contributed by atoms with Gasteiger partial charge < -0.3 is 15.8 Å². The summed E-state index contributed by atoms with van der Waals surface area (Å²) in [7, 11) is 1.85. The first-order valence-corrected chi connectivity index (χ1v) is 7.79. The Morgan fingerprint density at radius 1 is 1.35 bits per heavy atom. The molecule has 20 heavy (non-hydrogen) atoms. The lowest BCUT2D eigenvalue weighted by molar-refractivity contribution is -0.135. The predicted molar refractivity (Wildman–Crippen MR) is 80.6 cm³/mol. The van der Waals surface area contributed by atoms with Gasteiger partial charge in [0.25, 0.3) is 0 Å². The normalized spacial score (nSPS) is 25.2. The van der Waals surface area contributed by atoms with Crippen LogP contribution < -0.4 is 5.73 Å². The Hall–Kier alpha value is -1.26. The molecule has 0 bridgehead atoms. The van der Waals surface area contributed by atoms with Gasteiger partial charge in [-0.1, -0.05) is 31.8 Å². The summed E-state index contributed by atoms with van der Waals surface area (Å²) in [5.41, 5.74) is 5.67. The summed E-state index contributed by atoms with van der Waals surface area (Å²) in [5, 5.41) is 11.9. The molecule has 116 valence electrons. The minimum absolute atomic E-state index is 0.0119. The minimum atomic E-state index is -0.487. The number of amides is 1. The van der Waals surface area contributed by atoms with E-state index >= 15 is 0 Å². The summed E-state index contributed by atoms with van der Waals surface area (Å²) >= 11 is 0. The Morgan fingerprint density at radius 2 is 1.95 bits per heavy atom. The highest BCUT2D eigenvalue weighted by Crippen LogP contribution is 2.29. The van der Waals surface area contributed by atoms with Gasteiger partial charge >= 0.3 is 0 Å². The number of hydrogen-bond acceptors (Lipinski definition) is 3. The first-order valence-electron chi connectivity index (χ1n) is 7.79. The second-order valence-corrected chi connectivity index (χ2v) is 5.90. The summed E-state index contributed by atoms with van der Waals surface area (Å²) in [6.07, 6.45) is 7.21. The zero-order valence-corrected chi connectivity index (χ0v) is 13.0. The van der Waals surface area contributed by atoms with Gasteiger partial charge in [0, 0.05) is 13.1 Å². The van der Waals surface area contributed by atoms with Gasteiger partial charge in [-0.25, -0.2) is 0 Å². The van der Waals surface area contributed by atoms with E-state index in [2.05, 4.69) is 12.1 Å². The van der Waals surface area contributed by atoms with Crippen LogP contribution in [-0.2, 0) is 4.79 Å². The molecule has 1 amide bonds. The Balaban J connectivity index is 2.65. The predicted octanol–water partition coefficient (Wildman–Crippen LogP) is 2.58. The molecule has 1 rings (SSSR count). The van der Waals surface area contributed by atoms with Crippen molar-refractivity contribution in [1.82, 2.24) is 4.90 Å². The SMILES string of the molecule is CCCC(C(=O)N(C)C1CCC(CC)CC1)C(N)=NO. The van der Waals surface area contributed by atoms with E-state index in [0.29, 0.717) is 12.5 Å². The highest BCUT2D eigenvalue weighted by Gasteiger charge is 2.31. The van der Waals surface area contributed by atoms with Crippen LogP contribution in [0, 0.1) is 11.8 Å². The van der Waals surface area contributed by atoms with Gasteiger partial charge in [-0.2, -0.15) is 0 Å². The van der Waals surface area contributed by atoms with Crippen molar-refractivity contribution in [3.05, 3.63) is 0 Å². The maximum absolute atomic E-state index is 12.5. The summed E-state index contributed by atoms with van der Waals surface area (Å²) in [5.74, 6) is 0.345. The average Bonchev–Trinajstić information content (AvgIpc) is 2.50. The Bertz CT molecular complexity index is 336. The van der Waals surface area contributed by atoms with E-state index in [-0.39, 0.29) is 11.7 Å². The second-order valence-electron chi connectivity index (χ2n) is 5.90. The Kier molecular flexibility index (Phi) is 6.82. The van der Waals surface area contributed by atoms with Gasteiger partial charge in [-0.15, -0.1) is 0 Å². The number of carbonyl (C=O) groups excluding carboxylic acids is 1. The van der Waals surface area contributed by atoms with Crippen LogP contribution in [0.5, 0.6) is 0 Å². The Morgan fingerprint density at radius 3 is 2.40 bits per heavy atom. The fourth-order valence-electron chi connectivity index (χ4n) is 3.12. The molecule has 5 heteroatoms. The van der Waals surface area contributed by atoms with Crippen molar-refractivity contribution in [3.8, 4) is 0 Å². The lowest BCUT2D eigenvalue weighted by Gasteiger charge is -2.36. The van der Waals surface area contributed by atoms with Gasteiger partial charge in [-0.05, 0) is 38.0 Å². The van der Waals surface area contributed by atoms with Gasteiger partial charge in [-0.3, -0.25) is 4.79 Å². The van der Waals surface area contributed by atoms with E-state index < -0.39 is 5.92 Å². The fraction of sp³-hybridized carbons (Fsp3) is 0.867. The molecule has 0 aromatic rings. The molecular weight excluding hydrogens is 254 g/mol. The summed E-state index contributed by atoms with van der Waals surface area (Å²) < 4.78 is 0. The van der Waals surface area contributed by atoms with E-state index in [1.165, 1.54) is 19.3 Å². The molecule has 0 aromatic heterocycles. The van der Waals surface area contributed by atoms with Crippen LogP contribution in [0.1, 0.15) is 58.8 Å². The van der Waals surface area contributed by atoms with Crippen LogP contribution in [0.15, 0.2) is 5.16 Å². The molecule has 5 nitrogen and oxygen atoms in total. The van der Waals surface area contributed by atoms with Gasteiger partial charge in [0.2, 0.25) is 5.91 Å². The quantitative estimate of drug-likeness (QED) is 0.340. The molecule has 1 fully saturated rings. The summed E-state index contributed by atoms with van der Waals surface area (Å²) in [6, 6.07) is 0.302. The largest absolute Gasteiger partial charge is 0.409 e. The van der Waals surface area contributed by atoms with E-state index in [1.54, 1.807) is 0 Å². The summed E-state index contributed by atoms with van der Waals surface area (Å²) in [4.78, 5) is 14.4. The van der Waals surface area contributed by atoms with Crippen LogP contribution in [-0.4, -0.2) is 34.9 Å². The zero-order chi connectivity index (χ0) is 15.1. The molecule has 3 N–H and O–H groups in total. The molecule has 0 aliphatic heterocycles. The standard InChI is InChI=1S/C15H29N3O2/c1-4-6-13(14(16)17-20)15(19)18(3)12-9-7-11(5-2)8-10-12/h11-13,20H,4-10H2,1-3H3,(H2,16,17). The second kappa shape index (κ2) is 8.12. The third-order valence-electron chi connectivity index (χ3n) is 4.64. The first kappa shape index (κ1) is 16.8. The fourth-order valence-corrected chi connectivity index (χ4v) is 3.12. The Labute approximate surface area is 122 Å². The van der Waals surface area contributed by atoms with E-state index in [9.17, 15) is 4.79 Å². The number of oxime groups is 1. The maximum atomic E-state index is 12.5. The van der Waals surface area contributed by atoms with Crippen molar-refractivity contribution < 1.29 is 10.0 Å². The first-order chi connectivity index (χ1) is 9.54. The van der Waals surface area contributed by atoms with Gasteiger partial charge in [0.15, 0.2) is 5.84 Å². The molecule has 1 atom stereocenters. The molecule has 0 saturated heterocycles. The third-order valence-corrected chi connectivity index (χ3v) is 4.64. The highest BCUT2D eigenvalue weighted by atomic mass is 16.4. The third kappa shape index (κ3) is 4.12. The monoisotopic (exact) mass is 283 g/mol. The molecule has 0 heterocycles. The molecule has 1 aliphatic carbocycles. The van der Waals surface area contributed by atoms with E-state index in [0.717, 1.165) is 25.2 Å². The lowest BCUT2D eigenvalue weighted by atomic mass is 9.83. The minimum Gasteiger partial charge on any atom is -0.409 e. The smallest absolute Gasteiger partial charge is 0.233 e. The van der Waals surface area contributed by atoms with Crippen molar-refractivity contribution in [3.63, 3.8) is 0 Å². The van der Waals surface area contributed by atoms with Crippen LogP contribution in [0.4, 0.5) is 0 Å². The molecule has 1 aliphatic rings. The van der Waals surface area contributed by atoms with Crippen LogP contribution >= 0.6 is 0 Å². The number of nitrogens with zero attached hydrogens (tertiary/aromatic N) is 2. The number of hydrogen-bond donors (Lipinski definition) is 2. The zero-order valence-electron chi connectivity index (χ0n) is 13.0. The number of amidine groups is 1. The molecule has 0 spiro atoms.